The monoisotopic (exact) mass is 209 g/mol. The topological polar surface area (TPSA) is 29.9 Å². The van der Waals surface area contributed by atoms with E-state index in [0.29, 0.717) is 12.0 Å². The molecule has 0 atom stereocenters. The highest BCUT2D eigenvalue weighted by molar-refractivity contribution is 5.21. The van der Waals surface area contributed by atoms with Crippen LogP contribution >= 0.6 is 0 Å². The summed E-state index contributed by atoms with van der Waals surface area (Å²) < 4.78 is 2.10. The lowest BCUT2D eigenvalue weighted by molar-refractivity contribution is 0.569. The molecule has 3 heteroatoms. The van der Waals surface area contributed by atoms with Crippen molar-refractivity contribution in [1.82, 2.24) is 15.1 Å². The van der Waals surface area contributed by atoms with Gasteiger partial charge in [0.1, 0.15) is 0 Å². The predicted molar refractivity (Wildman–Crippen MR) is 64.0 cm³/mol. The van der Waals surface area contributed by atoms with Crippen molar-refractivity contribution >= 4 is 0 Å². The molecule has 0 aliphatic rings. The molecule has 1 N–H and O–H groups in total. The molecule has 0 spiro atoms. The summed E-state index contributed by atoms with van der Waals surface area (Å²) in [7, 11) is 0. The molecule has 0 saturated carbocycles. The second-order valence-corrected chi connectivity index (χ2v) is 4.56. The molecule has 1 aromatic heterocycles. The van der Waals surface area contributed by atoms with Crippen LogP contribution in [0, 0.1) is 0 Å². The molecule has 1 heterocycles. The van der Waals surface area contributed by atoms with E-state index in [1.54, 1.807) is 0 Å². The summed E-state index contributed by atoms with van der Waals surface area (Å²) in [5.74, 6) is 0.538. The Morgan fingerprint density at radius 2 is 2.00 bits per heavy atom. The van der Waals surface area contributed by atoms with E-state index in [-0.39, 0.29) is 0 Å². The Kier molecular flexibility index (Phi) is 4.33. The van der Waals surface area contributed by atoms with Crippen LogP contribution in [0.4, 0.5) is 0 Å². The van der Waals surface area contributed by atoms with Crippen LogP contribution in [0.15, 0.2) is 6.20 Å². The molecule has 0 saturated heterocycles. The van der Waals surface area contributed by atoms with Crippen LogP contribution < -0.4 is 5.32 Å². The first-order chi connectivity index (χ1) is 7.06. The molecule has 86 valence electrons. The van der Waals surface area contributed by atoms with Gasteiger partial charge in [0.05, 0.1) is 6.20 Å². The van der Waals surface area contributed by atoms with Gasteiger partial charge in [0, 0.05) is 30.4 Å². The molecule has 0 unspecified atom stereocenters. The number of nitrogens with one attached hydrogen (secondary N) is 1. The highest BCUT2D eigenvalue weighted by Gasteiger charge is 2.12. The third-order valence-corrected chi connectivity index (χ3v) is 2.51. The van der Waals surface area contributed by atoms with Gasteiger partial charge < -0.3 is 5.32 Å². The summed E-state index contributed by atoms with van der Waals surface area (Å²) in [6.07, 6.45) is 1.99. The SMILES string of the molecule is CCn1ncc(CNC(C)C)c1C(C)C. The minimum absolute atomic E-state index is 0.523. The lowest BCUT2D eigenvalue weighted by atomic mass is 10.1. The molecule has 1 aromatic rings. The maximum absolute atomic E-state index is 4.41. The number of hydrogen-bond donors (Lipinski definition) is 1. The van der Waals surface area contributed by atoms with Crippen molar-refractivity contribution in [3.63, 3.8) is 0 Å². The van der Waals surface area contributed by atoms with E-state index in [1.807, 2.05) is 6.20 Å². The summed E-state index contributed by atoms with van der Waals surface area (Å²) in [4.78, 5) is 0. The van der Waals surface area contributed by atoms with Crippen LogP contribution in [0.2, 0.25) is 0 Å². The highest BCUT2D eigenvalue weighted by Crippen LogP contribution is 2.19. The Morgan fingerprint density at radius 3 is 2.47 bits per heavy atom. The van der Waals surface area contributed by atoms with Crippen molar-refractivity contribution in [2.45, 2.75) is 59.7 Å². The first-order valence-electron chi connectivity index (χ1n) is 5.84. The summed E-state index contributed by atoms with van der Waals surface area (Å²) in [5.41, 5.74) is 2.70. The van der Waals surface area contributed by atoms with E-state index in [1.165, 1.54) is 11.3 Å². The number of aryl methyl sites for hydroxylation is 1. The lowest BCUT2D eigenvalue weighted by Crippen LogP contribution is -2.22. The van der Waals surface area contributed by atoms with E-state index >= 15 is 0 Å². The molecule has 0 radical (unpaired) electrons. The van der Waals surface area contributed by atoms with Crippen molar-refractivity contribution in [2.75, 3.05) is 0 Å². The molecule has 15 heavy (non-hydrogen) atoms. The quantitative estimate of drug-likeness (QED) is 0.807. The Hall–Kier alpha value is -0.830. The summed E-state index contributed by atoms with van der Waals surface area (Å²) in [6.45, 7) is 12.8. The average Bonchev–Trinajstić information content (AvgIpc) is 2.57. The van der Waals surface area contributed by atoms with Crippen LogP contribution in [0.1, 0.15) is 51.8 Å². The number of rotatable bonds is 5. The first-order valence-corrected chi connectivity index (χ1v) is 5.84. The third kappa shape index (κ3) is 3.06. The van der Waals surface area contributed by atoms with Gasteiger partial charge in [-0.05, 0) is 12.8 Å². The van der Waals surface area contributed by atoms with Crippen molar-refractivity contribution < 1.29 is 0 Å². The number of aromatic nitrogens is 2. The number of hydrogen-bond acceptors (Lipinski definition) is 2. The Morgan fingerprint density at radius 1 is 1.33 bits per heavy atom. The fourth-order valence-electron chi connectivity index (χ4n) is 1.80. The zero-order valence-corrected chi connectivity index (χ0v) is 10.5. The fraction of sp³-hybridized carbons (Fsp3) is 0.750. The van der Waals surface area contributed by atoms with Crippen LogP contribution in [0.25, 0.3) is 0 Å². The van der Waals surface area contributed by atoms with Gasteiger partial charge in [0.25, 0.3) is 0 Å². The predicted octanol–water partition coefficient (Wildman–Crippen LogP) is 2.52. The van der Waals surface area contributed by atoms with Gasteiger partial charge in [-0.15, -0.1) is 0 Å². The normalized spacial score (nSPS) is 11.7. The average molecular weight is 209 g/mol. The van der Waals surface area contributed by atoms with Crippen molar-refractivity contribution in [3.8, 4) is 0 Å². The molecule has 0 fully saturated rings. The Labute approximate surface area is 92.9 Å². The first kappa shape index (κ1) is 12.2. The molecule has 3 nitrogen and oxygen atoms in total. The van der Waals surface area contributed by atoms with E-state index in [0.717, 1.165) is 13.1 Å². The van der Waals surface area contributed by atoms with E-state index in [9.17, 15) is 0 Å². The van der Waals surface area contributed by atoms with Gasteiger partial charge in [0.2, 0.25) is 0 Å². The van der Waals surface area contributed by atoms with Crippen molar-refractivity contribution in [1.29, 1.82) is 0 Å². The van der Waals surface area contributed by atoms with Gasteiger partial charge in [-0.2, -0.15) is 5.10 Å². The van der Waals surface area contributed by atoms with Crippen LogP contribution in [-0.4, -0.2) is 15.8 Å². The van der Waals surface area contributed by atoms with E-state index in [4.69, 9.17) is 0 Å². The summed E-state index contributed by atoms with van der Waals surface area (Å²) >= 11 is 0. The second-order valence-electron chi connectivity index (χ2n) is 4.56. The van der Waals surface area contributed by atoms with Gasteiger partial charge in [-0.3, -0.25) is 4.68 Å². The molecule has 0 amide bonds. The molecule has 0 aliphatic heterocycles. The zero-order chi connectivity index (χ0) is 11.4. The lowest BCUT2D eigenvalue weighted by Gasteiger charge is -2.13. The van der Waals surface area contributed by atoms with Gasteiger partial charge >= 0.3 is 0 Å². The van der Waals surface area contributed by atoms with Gasteiger partial charge in [-0.1, -0.05) is 27.7 Å². The maximum atomic E-state index is 4.41. The van der Waals surface area contributed by atoms with Gasteiger partial charge in [-0.25, -0.2) is 0 Å². The van der Waals surface area contributed by atoms with E-state index in [2.05, 4.69) is 49.7 Å². The standard InChI is InChI=1S/C12H23N3/c1-6-15-12(9(2)3)11(8-14-15)7-13-10(4)5/h8-10,13H,6-7H2,1-5H3. The largest absolute Gasteiger partial charge is 0.310 e. The van der Waals surface area contributed by atoms with Crippen LogP contribution in [0.3, 0.4) is 0 Å². The minimum atomic E-state index is 0.523. The second kappa shape index (κ2) is 5.31. The van der Waals surface area contributed by atoms with Crippen molar-refractivity contribution in [2.24, 2.45) is 0 Å². The zero-order valence-electron chi connectivity index (χ0n) is 10.5. The minimum Gasteiger partial charge on any atom is -0.310 e. The third-order valence-electron chi connectivity index (χ3n) is 2.51. The molecule has 0 aliphatic carbocycles. The maximum Gasteiger partial charge on any atom is 0.0537 e. The molecular formula is C12H23N3. The highest BCUT2D eigenvalue weighted by atomic mass is 15.3. The molecule has 0 aromatic carbocycles. The number of nitrogens with zero attached hydrogens (tertiary/aromatic N) is 2. The van der Waals surface area contributed by atoms with Crippen LogP contribution in [0.5, 0.6) is 0 Å². The van der Waals surface area contributed by atoms with Crippen LogP contribution in [-0.2, 0) is 13.1 Å². The smallest absolute Gasteiger partial charge is 0.0537 e. The summed E-state index contributed by atoms with van der Waals surface area (Å²) in [5, 5.41) is 7.85. The van der Waals surface area contributed by atoms with E-state index < -0.39 is 0 Å². The Bertz CT molecular complexity index is 300. The molecular weight excluding hydrogens is 186 g/mol. The molecule has 0 bridgehead atoms. The van der Waals surface area contributed by atoms with Crippen molar-refractivity contribution in [3.05, 3.63) is 17.5 Å². The Balaban J connectivity index is 2.82. The molecule has 1 rings (SSSR count). The fourth-order valence-corrected chi connectivity index (χ4v) is 1.80. The van der Waals surface area contributed by atoms with Gasteiger partial charge in [0.15, 0.2) is 0 Å². The summed E-state index contributed by atoms with van der Waals surface area (Å²) in [6, 6.07) is 0.523.